The van der Waals surface area contributed by atoms with E-state index in [0.717, 1.165) is 37.7 Å². The number of ketones is 2. The molecule has 25 heavy (non-hydrogen) atoms. The van der Waals surface area contributed by atoms with Crippen molar-refractivity contribution in [3.05, 3.63) is 11.6 Å². The molecule has 0 saturated heterocycles. The van der Waals surface area contributed by atoms with Crippen molar-refractivity contribution in [2.24, 2.45) is 28.6 Å². The molecule has 0 unspecified atom stereocenters. The van der Waals surface area contributed by atoms with Crippen molar-refractivity contribution in [1.29, 1.82) is 0 Å². The van der Waals surface area contributed by atoms with Gasteiger partial charge in [-0.3, -0.25) is 9.59 Å². The van der Waals surface area contributed by atoms with Crippen LogP contribution in [0.5, 0.6) is 0 Å². The molecule has 138 valence electrons. The second kappa shape index (κ2) is 5.50. The topological polar surface area (TPSA) is 34.1 Å². The van der Waals surface area contributed by atoms with Crippen LogP contribution in [0.25, 0.3) is 0 Å². The van der Waals surface area contributed by atoms with Crippen LogP contribution in [0.15, 0.2) is 11.6 Å². The van der Waals surface area contributed by atoms with E-state index in [9.17, 15) is 9.59 Å². The van der Waals surface area contributed by atoms with Crippen molar-refractivity contribution in [3.63, 3.8) is 0 Å². The Morgan fingerprint density at radius 2 is 1.88 bits per heavy atom. The number of hydrogen-bond donors (Lipinski definition) is 0. The lowest BCUT2D eigenvalue weighted by atomic mass is 9.46. The van der Waals surface area contributed by atoms with Gasteiger partial charge in [0.05, 0.1) is 4.32 Å². The Labute approximate surface area is 158 Å². The molecule has 0 amide bonds. The molecule has 0 aromatic heterocycles. The lowest BCUT2D eigenvalue weighted by molar-refractivity contribution is -0.126. The molecule has 0 heterocycles. The molecule has 7 atom stereocenters. The van der Waals surface area contributed by atoms with Crippen molar-refractivity contribution in [2.45, 2.75) is 76.2 Å². The first kappa shape index (κ1) is 17.9. The fourth-order valence-corrected chi connectivity index (χ4v) is 7.84. The van der Waals surface area contributed by atoms with E-state index >= 15 is 4.39 Å². The average molecular weight is 411 g/mol. The van der Waals surface area contributed by atoms with Gasteiger partial charge >= 0.3 is 0 Å². The largest absolute Gasteiger partial charge is 0.298 e. The molecule has 4 aliphatic carbocycles. The molecule has 0 N–H and O–H groups in total. The maximum Gasteiger partial charge on any atom is 0.155 e. The number of alkyl halides is 2. The van der Waals surface area contributed by atoms with E-state index in [0.29, 0.717) is 30.6 Å². The predicted molar refractivity (Wildman–Crippen MR) is 99.3 cm³/mol. The van der Waals surface area contributed by atoms with E-state index in [1.54, 1.807) is 13.0 Å². The van der Waals surface area contributed by atoms with Crippen molar-refractivity contribution in [1.82, 2.24) is 0 Å². The van der Waals surface area contributed by atoms with E-state index in [1.165, 1.54) is 0 Å². The summed E-state index contributed by atoms with van der Waals surface area (Å²) in [4.78, 5) is 24.3. The molecular weight excluding hydrogens is 383 g/mol. The third kappa shape index (κ3) is 2.18. The molecule has 0 radical (unpaired) electrons. The summed E-state index contributed by atoms with van der Waals surface area (Å²) in [6.07, 6.45) is 6.40. The van der Waals surface area contributed by atoms with Gasteiger partial charge in [-0.05, 0) is 85.7 Å². The average Bonchev–Trinajstić information content (AvgIpc) is 2.83. The van der Waals surface area contributed by atoms with Crippen LogP contribution in [-0.2, 0) is 9.59 Å². The van der Waals surface area contributed by atoms with Crippen LogP contribution in [0.2, 0.25) is 0 Å². The van der Waals surface area contributed by atoms with E-state index in [-0.39, 0.29) is 22.4 Å². The highest BCUT2D eigenvalue weighted by molar-refractivity contribution is 9.10. The highest BCUT2D eigenvalue weighted by atomic mass is 79.9. The van der Waals surface area contributed by atoms with E-state index in [2.05, 4.69) is 29.8 Å². The number of rotatable bonds is 1. The van der Waals surface area contributed by atoms with Crippen LogP contribution in [0.4, 0.5) is 4.39 Å². The summed E-state index contributed by atoms with van der Waals surface area (Å²) in [6.45, 7) is 6.14. The minimum absolute atomic E-state index is 0.0816. The van der Waals surface area contributed by atoms with Crippen molar-refractivity contribution in [2.75, 3.05) is 0 Å². The Morgan fingerprint density at radius 1 is 1.20 bits per heavy atom. The summed E-state index contributed by atoms with van der Waals surface area (Å²) in [7, 11) is 0. The summed E-state index contributed by atoms with van der Waals surface area (Å²) in [5, 5.41) is 0. The highest BCUT2D eigenvalue weighted by Gasteiger charge is 2.66. The second-order valence-electron chi connectivity index (χ2n) is 9.42. The number of hydrogen-bond acceptors (Lipinski definition) is 2. The van der Waals surface area contributed by atoms with Gasteiger partial charge in [0.1, 0.15) is 12.0 Å². The van der Waals surface area contributed by atoms with Crippen molar-refractivity contribution < 1.29 is 14.0 Å². The summed E-state index contributed by atoms with van der Waals surface area (Å²) in [5.74, 6) is 1.47. The minimum atomic E-state index is -1.000. The Hall–Kier alpha value is -0.510. The molecule has 0 aromatic rings. The monoisotopic (exact) mass is 410 g/mol. The zero-order valence-electron chi connectivity index (χ0n) is 15.4. The molecule has 3 fully saturated rings. The molecule has 4 heteroatoms. The van der Waals surface area contributed by atoms with Gasteiger partial charge in [-0.15, -0.1) is 0 Å². The molecule has 0 spiro atoms. The van der Waals surface area contributed by atoms with E-state index < -0.39 is 10.5 Å². The maximum absolute atomic E-state index is 15.1. The van der Waals surface area contributed by atoms with Crippen LogP contribution in [0, 0.1) is 28.6 Å². The van der Waals surface area contributed by atoms with Gasteiger partial charge in [-0.25, -0.2) is 4.39 Å². The Bertz CT molecular complexity index is 673. The number of carbonyl (C=O) groups excluding carboxylic acids is 2. The first-order valence-corrected chi connectivity index (χ1v) is 10.5. The number of carbonyl (C=O) groups is 2. The quantitative estimate of drug-likeness (QED) is 0.557. The van der Waals surface area contributed by atoms with Crippen LogP contribution in [0.1, 0.15) is 65.7 Å². The van der Waals surface area contributed by atoms with Crippen LogP contribution < -0.4 is 0 Å². The van der Waals surface area contributed by atoms with Crippen molar-refractivity contribution >= 4 is 27.5 Å². The van der Waals surface area contributed by atoms with Gasteiger partial charge in [0.2, 0.25) is 0 Å². The third-order valence-corrected chi connectivity index (χ3v) is 10.5. The van der Waals surface area contributed by atoms with E-state index in [4.69, 9.17) is 0 Å². The Kier molecular flexibility index (Phi) is 3.93. The molecule has 3 saturated carbocycles. The first-order valence-electron chi connectivity index (χ1n) is 9.72. The fraction of sp³-hybridized carbons (Fsp3) is 0.810. The molecule has 4 aliphatic rings. The van der Waals surface area contributed by atoms with Crippen LogP contribution in [-0.4, -0.2) is 22.1 Å². The first-order chi connectivity index (χ1) is 11.6. The highest BCUT2D eigenvalue weighted by Crippen LogP contribution is 2.69. The molecule has 0 aliphatic heterocycles. The third-order valence-electron chi connectivity index (χ3n) is 8.59. The zero-order chi connectivity index (χ0) is 18.2. The predicted octanol–water partition coefficient (Wildman–Crippen LogP) is 5.19. The zero-order valence-corrected chi connectivity index (χ0v) is 17.0. The molecule has 4 rings (SSSR count). The summed E-state index contributed by atoms with van der Waals surface area (Å²) in [5.41, 5.74) is 0.510. The maximum atomic E-state index is 15.1. The molecule has 0 aromatic carbocycles. The van der Waals surface area contributed by atoms with Gasteiger partial charge in [0, 0.05) is 6.42 Å². The van der Waals surface area contributed by atoms with Crippen LogP contribution >= 0.6 is 15.9 Å². The Balaban J connectivity index is 1.73. The summed E-state index contributed by atoms with van der Waals surface area (Å²) >= 11 is 3.83. The molecule has 2 nitrogen and oxygen atoms in total. The molecular formula is C21H28BrFO2. The lowest BCUT2D eigenvalue weighted by Gasteiger charge is -2.59. The number of allylic oxidation sites excluding steroid dienone is 1. The summed E-state index contributed by atoms with van der Waals surface area (Å²) in [6, 6.07) is 0. The van der Waals surface area contributed by atoms with Crippen molar-refractivity contribution in [3.8, 4) is 0 Å². The smallest absolute Gasteiger partial charge is 0.155 e. The normalized spacial score (nSPS) is 52.0. The number of Topliss-reactive ketones (excluding diaryl/α,β-unsaturated/α-hetero) is 1. The van der Waals surface area contributed by atoms with Gasteiger partial charge < -0.3 is 0 Å². The minimum Gasteiger partial charge on any atom is -0.298 e. The van der Waals surface area contributed by atoms with Gasteiger partial charge in [-0.2, -0.15) is 0 Å². The summed E-state index contributed by atoms with van der Waals surface area (Å²) < 4.78 is 14.7. The standard InChI is InChI=1S/C21H28BrFO2/c1-12(24)21(22)9-6-16-14-11-18(23)17-10-13(25)4-7-19(17,2)15(14)5-8-20(16,21)3/h10,14-16,18H,4-9,11H2,1-3H3/t14-,15+,16+,18+,19-,20+,21+/m1/s1. The van der Waals surface area contributed by atoms with Crippen LogP contribution in [0.3, 0.4) is 0 Å². The fourth-order valence-electron chi connectivity index (χ4n) is 7.12. The van der Waals surface area contributed by atoms with Gasteiger partial charge in [0.15, 0.2) is 5.78 Å². The number of halogens is 2. The SMILES string of the molecule is CC(=O)[C@@]1(Br)CC[C@H]2[C@@H]3C[C@H](F)C4=CC(=O)CC[C@]4(C)[C@H]3CC[C@@]21C. The second-order valence-corrected chi connectivity index (χ2v) is 10.8. The van der Waals surface area contributed by atoms with Gasteiger partial charge in [0.25, 0.3) is 0 Å². The number of fused-ring (bicyclic) bond motifs is 5. The lowest BCUT2D eigenvalue weighted by Crippen LogP contribution is -2.56. The molecule has 0 bridgehead atoms. The Morgan fingerprint density at radius 3 is 2.56 bits per heavy atom. The van der Waals surface area contributed by atoms with E-state index in [1.807, 2.05) is 0 Å². The van der Waals surface area contributed by atoms with Gasteiger partial charge in [-0.1, -0.05) is 29.8 Å².